The van der Waals surface area contributed by atoms with Crippen molar-refractivity contribution in [2.45, 2.75) is 32.2 Å². The molecule has 0 saturated carbocycles. The molecular formula is C23H10Cl3F7N11O2. The first-order chi connectivity index (χ1) is 21.6. The fourth-order valence-electron chi connectivity index (χ4n) is 4.42. The van der Waals surface area contributed by atoms with Crippen molar-refractivity contribution in [3.63, 3.8) is 0 Å². The van der Waals surface area contributed by atoms with E-state index in [4.69, 9.17) is 34.8 Å². The zero-order valence-electron chi connectivity index (χ0n) is 22.4. The molecule has 1 aliphatic heterocycles. The van der Waals surface area contributed by atoms with Crippen molar-refractivity contribution in [2.24, 2.45) is 0 Å². The first-order valence-corrected chi connectivity index (χ1v) is 13.3. The van der Waals surface area contributed by atoms with E-state index in [-0.39, 0.29) is 10.6 Å². The van der Waals surface area contributed by atoms with Crippen molar-refractivity contribution in [3.8, 4) is 11.3 Å². The second-order valence-electron chi connectivity index (χ2n) is 8.96. The van der Waals surface area contributed by atoms with Crippen molar-refractivity contribution >= 4 is 52.1 Å². The van der Waals surface area contributed by atoms with Gasteiger partial charge in [0.25, 0.3) is 12.4 Å². The van der Waals surface area contributed by atoms with E-state index >= 15 is 4.39 Å². The monoisotopic (exact) mass is 710 g/mol. The Morgan fingerprint density at radius 1 is 0.826 bits per heavy atom. The zero-order chi connectivity index (χ0) is 33.8. The third kappa shape index (κ3) is 5.66. The van der Waals surface area contributed by atoms with Gasteiger partial charge in [-0.3, -0.25) is 19.9 Å². The molecule has 0 saturated heterocycles. The minimum atomic E-state index is -2.94. The molecular weight excluding hydrogens is 702 g/mol. The minimum Gasteiger partial charge on any atom is -0.295 e. The van der Waals surface area contributed by atoms with Gasteiger partial charge in [-0.25, -0.2) is 15.0 Å². The van der Waals surface area contributed by atoms with Crippen LogP contribution in [0.2, 0.25) is 5.02 Å². The minimum absolute atomic E-state index is 0.181. The number of nitro groups is 1. The van der Waals surface area contributed by atoms with E-state index in [1.54, 1.807) is 0 Å². The number of aromatic nitrogens is 8. The Morgan fingerprint density at radius 2 is 1.39 bits per heavy atom. The molecule has 1 radical (unpaired) electrons. The van der Waals surface area contributed by atoms with Crippen LogP contribution >= 0.6 is 34.8 Å². The summed E-state index contributed by atoms with van der Waals surface area (Å²) in [6.07, 6.45) is -7.24. The van der Waals surface area contributed by atoms with Gasteiger partial charge in [0.15, 0.2) is 11.5 Å². The van der Waals surface area contributed by atoms with Gasteiger partial charge < -0.3 is 0 Å². The Bertz CT molecular complexity index is 1960. The lowest BCUT2D eigenvalue weighted by Gasteiger charge is -2.43. The average Bonchev–Trinajstić information content (AvgIpc) is 2.94. The Morgan fingerprint density at radius 3 is 2.04 bits per heavy atom. The lowest BCUT2D eigenvalue weighted by atomic mass is 10.1. The third-order valence-electron chi connectivity index (χ3n) is 6.25. The van der Waals surface area contributed by atoms with Gasteiger partial charge >= 0.3 is 30.0 Å². The van der Waals surface area contributed by atoms with Crippen molar-refractivity contribution < 1.29 is 35.7 Å². The van der Waals surface area contributed by atoms with Gasteiger partial charge in [-0.05, 0) is 13.8 Å². The smallest absolute Gasteiger partial charge is 0.295 e. The molecule has 2 atom stereocenters. The summed E-state index contributed by atoms with van der Waals surface area (Å²) in [5, 5.41) is 10.6. The molecule has 46 heavy (non-hydrogen) atoms. The number of hydrogen-bond donors (Lipinski definition) is 0. The molecule has 4 aromatic rings. The Hall–Kier alpha value is -4.56. The summed E-state index contributed by atoms with van der Waals surface area (Å²) in [7, 11) is 0. The molecule has 0 amide bonds. The number of alkyl halides is 2. The molecule has 5 rings (SSSR count). The van der Waals surface area contributed by atoms with Crippen LogP contribution in [0, 0.1) is 66.4 Å². The fourth-order valence-corrected chi connectivity index (χ4v) is 5.14. The van der Waals surface area contributed by atoms with Gasteiger partial charge in [-0.15, -0.1) is 11.6 Å². The highest BCUT2D eigenvalue weighted by molar-refractivity contribution is 6.33. The van der Waals surface area contributed by atoms with E-state index in [2.05, 4.69) is 46.1 Å². The van der Waals surface area contributed by atoms with E-state index in [0.29, 0.717) is 4.90 Å². The maximum Gasteiger partial charge on any atom is 0.350 e. The van der Waals surface area contributed by atoms with Gasteiger partial charge in [0, 0.05) is 0 Å². The topological polar surface area (TPSA) is 153 Å². The maximum atomic E-state index is 17.0. The van der Waals surface area contributed by atoms with Crippen LogP contribution < -0.4 is 9.80 Å². The highest BCUT2D eigenvalue weighted by Gasteiger charge is 2.45. The van der Waals surface area contributed by atoms with E-state index in [1.807, 2.05) is 0 Å². The second-order valence-corrected chi connectivity index (χ2v) is 10.0. The first-order valence-electron chi connectivity index (χ1n) is 12.0. The normalized spacial score (nSPS) is 16.6. The molecule has 0 aromatic carbocycles. The number of nitrogens with zero attached hydrogens (tertiary/aromatic N) is 11. The molecule has 13 nitrogen and oxygen atoms in total. The van der Waals surface area contributed by atoms with Crippen LogP contribution in [-0.4, -0.2) is 51.2 Å². The zero-order valence-corrected chi connectivity index (χ0v) is 24.6. The van der Waals surface area contributed by atoms with Crippen molar-refractivity contribution in [3.05, 3.63) is 85.2 Å². The summed E-state index contributed by atoms with van der Waals surface area (Å²) in [5.74, 6) is -6.34. The van der Waals surface area contributed by atoms with Gasteiger partial charge in [-0.2, -0.15) is 55.7 Å². The maximum absolute atomic E-state index is 17.0. The van der Waals surface area contributed by atoms with Crippen molar-refractivity contribution in [1.82, 2.24) is 39.9 Å². The summed E-state index contributed by atoms with van der Waals surface area (Å²) in [5.41, 5.74) is -5.60. The predicted molar refractivity (Wildman–Crippen MR) is 143 cm³/mol. The van der Waals surface area contributed by atoms with Gasteiger partial charge in [0.2, 0.25) is 5.95 Å². The Kier molecular flexibility index (Phi) is 8.79. The number of anilines is 2. The number of rotatable bonds is 6. The average molecular weight is 712 g/mol. The van der Waals surface area contributed by atoms with E-state index in [1.165, 1.54) is 6.92 Å². The molecule has 0 N–H and O–H groups in total. The lowest BCUT2D eigenvalue weighted by molar-refractivity contribution is -0.387. The highest BCUT2D eigenvalue weighted by Crippen LogP contribution is 2.46. The van der Waals surface area contributed by atoms with Gasteiger partial charge in [0.1, 0.15) is 11.9 Å². The molecule has 1 aliphatic rings. The molecule has 0 aliphatic carbocycles. The second kappa shape index (κ2) is 12.3. The molecule has 0 spiro atoms. The van der Waals surface area contributed by atoms with Crippen LogP contribution in [0.5, 0.6) is 0 Å². The molecule has 4 aromatic heterocycles. The van der Waals surface area contributed by atoms with Crippen molar-refractivity contribution in [1.29, 1.82) is 0 Å². The summed E-state index contributed by atoms with van der Waals surface area (Å²) < 4.78 is 104. The first kappa shape index (κ1) is 32.8. The van der Waals surface area contributed by atoms with Crippen LogP contribution in [0.4, 0.5) is 48.1 Å². The SMILES string of the molecule is Cc1nc(F)nc(C2C(Cl)=[C]N(c3nc(F)nc(C)c3-c3nc(F)nc(F)c3[N+](=O)[O-])C(F)N2c2nc(F)nc(F)c2CCl)c1Cl. The largest absolute Gasteiger partial charge is 0.350 e. The van der Waals surface area contributed by atoms with E-state index in [0.717, 1.165) is 6.92 Å². The predicted octanol–water partition coefficient (Wildman–Crippen LogP) is 5.47. The number of halogens is 10. The summed E-state index contributed by atoms with van der Waals surface area (Å²) in [4.78, 5) is 37.0. The summed E-state index contributed by atoms with van der Waals surface area (Å²) in [6.45, 7) is 2.24. The van der Waals surface area contributed by atoms with Crippen LogP contribution in [0.3, 0.4) is 0 Å². The molecule has 0 bridgehead atoms. The Labute approximate surface area is 265 Å². The molecule has 239 valence electrons. The molecule has 23 heteroatoms. The fraction of sp³-hybridized carbons (Fsp3) is 0.217. The molecule has 0 fully saturated rings. The highest BCUT2D eigenvalue weighted by atomic mass is 35.5. The van der Waals surface area contributed by atoms with Gasteiger partial charge in [-0.1, -0.05) is 23.2 Å². The molecule has 5 heterocycles. The van der Waals surface area contributed by atoms with Crippen LogP contribution in [-0.2, 0) is 5.88 Å². The lowest BCUT2D eigenvalue weighted by Crippen LogP contribution is -2.51. The third-order valence-corrected chi connectivity index (χ3v) is 7.28. The number of hydrogen-bond acceptors (Lipinski definition) is 12. The summed E-state index contributed by atoms with van der Waals surface area (Å²) >= 11 is 18.6. The van der Waals surface area contributed by atoms with Gasteiger partial charge in [0.05, 0.1) is 55.3 Å². The Balaban J connectivity index is 1.86. The van der Waals surface area contributed by atoms with Crippen molar-refractivity contribution in [2.75, 3.05) is 9.80 Å². The standard InChI is InChI=1S/C23H10Cl3F7N11O2/c1-5-9(11-14(44(45)46)16(28)39-21(31)36-11)18(41-20(30)34-5)42-4-8(25)13(12-10(26)6(2)35-19(29)37-12)43(23(42)33)17-7(3-24)15(27)38-22(32)40-17/h13,23H,3H2,1-2H3. The van der Waals surface area contributed by atoms with E-state index < -0.39 is 115 Å². The molecule has 2 unspecified atom stereocenters. The van der Waals surface area contributed by atoms with Crippen LogP contribution in [0.15, 0.2) is 5.03 Å². The van der Waals surface area contributed by atoms with E-state index in [9.17, 15) is 36.5 Å². The quantitative estimate of drug-likeness (QED) is 0.0474. The van der Waals surface area contributed by atoms with Crippen LogP contribution in [0.1, 0.15) is 28.7 Å². The number of aryl methyl sites for hydroxylation is 2. The summed E-state index contributed by atoms with van der Waals surface area (Å²) in [6, 6.07) is -1.92. The van der Waals surface area contributed by atoms with Crippen LogP contribution in [0.25, 0.3) is 11.3 Å².